The van der Waals surface area contributed by atoms with Gasteiger partial charge < -0.3 is 5.32 Å². The molecular weight excluding hydrogens is 347 g/mol. The average Bonchev–Trinajstić information content (AvgIpc) is 2.81. The van der Waals surface area contributed by atoms with Crippen molar-refractivity contribution in [3.05, 3.63) is 43.8 Å². The number of aromatic nitrogens is 1. The fourth-order valence-electron chi connectivity index (χ4n) is 1.32. The number of hydrogen-bond donors (Lipinski definition) is 1. The van der Waals surface area contributed by atoms with Crippen LogP contribution in [0.25, 0.3) is 0 Å². The summed E-state index contributed by atoms with van der Waals surface area (Å²) in [5.41, 5.74) is 0. The number of halogens is 1. The van der Waals surface area contributed by atoms with Gasteiger partial charge in [0.2, 0.25) is 0 Å². The molecule has 17 heavy (non-hydrogen) atoms. The van der Waals surface area contributed by atoms with Gasteiger partial charge in [-0.25, -0.2) is 4.98 Å². The second-order valence-electron chi connectivity index (χ2n) is 3.44. The van der Waals surface area contributed by atoms with Gasteiger partial charge in [-0.15, -0.1) is 11.3 Å². The highest BCUT2D eigenvalue weighted by Gasteiger charge is 2.09. The molecule has 2 rings (SSSR count). The van der Waals surface area contributed by atoms with E-state index in [4.69, 9.17) is 0 Å². The molecule has 1 N–H and O–H groups in total. The molecule has 0 aliphatic carbocycles. The van der Waals surface area contributed by atoms with E-state index in [-0.39, 0.29) is 5.91 Å². The monoisotopic (exact) mass is 358 g/mol. The van der Waals surface area contributed by atoms with Crippen molar-refractivity contribution in [2.24, 2.45) is 0 Å². The highest BCUT2D eigenvalue weighted by atomic mass is 127. The zero-order chi connectivity index (χ0) is 12.3. The molecule has 88 valence electrons. The third-order valence-electron chi connectivity index (χ3n) is 2.20. The van der Waals surface area contributed by atoms with Crippen LogP contribution in [0, 0.1) is 3.57 Å². The maximum absolute atomic E-state index is 11.9. The fraction of sp³-hybridized carbons (Fsp3) is 0.167. The average molecular weight is 358 g/mol. The maximum atomic E-state index is 11.9. The van der Waals surface area contributed by atoms with Gasteiger partial charge in [0.05, 0.1) is 4.88 Å². The van der Waals surface area contributed by atoms with Crippen molar-refractivity contribution in [1.29, 1.82) is 0 Å². The molecule has 0 aromatic carbocycles. The van der Waals surface area contributed by atoms with E-state index in [0.717, 1.165) is 14.9 Å². The summed E-state index contributed by atoms with van der Waals surface area (Å²) in [7, 11) is 0. The van der Waals surface area contributed by atoms with E-state index in [9.17, 15) is 4.79 Å². The first-order valence-electron chi connectivity index (χ1n) is 5.20. The smallest absolute Gasteiger partial charge is 0.266 e. The van der Waals surface area contributed by atoms with Gasteiger partial charge in [0, 0.05) is 14.6 Å². The number of hydrogen-bond acceptors (Lipinski definition) is 3. The van der Waals surface area contributed by atoms with Gasteiger partial charge in [-0.1, -0.05) is 6.92 Å². The minimum Gasteiger partial charge on any atom is -0.306 e. The van der Waals surface area contributed by atoms with Crippen LogP contribution in [0.4, 0.5) is 5.82 Å². The van der Waals surface area contributed by atoms with Gasteiger partial charge >= 0.3 is 0 Å². The number of carbonyl (C=O) groups excluding carboxylic acids is 1. The predicted molar refractivity (Wildman–Crippen MR) is 78.6 cm³/mol. The van der Waals surface area contributed by atoms with Crippen LogP contribution in [0.3, 0.4) is 0 Å². The van der Waals surface area contributed by atoms with Gasteiger partial charge in [0.15, 0.2) is 0 Å². The number of amides is 1. The summed E-state index contributed by atoms with van der Waals surface area (Å²) in [4.78, 5) is 18.0. The van der Waals surface area contributed by atoms with Gasteiger partial charge in [0.1, 0.15) is 5.82 Å². The molecule has 0 aliphatic heterocycles. The molecule has 0 spiro atoms. The Morgan fingerprint density at radius 1 is 1.41 bits per heavy atom. The Kier molecular flexibility index (Phi) is 4.11. The summed E-state index contributed by atoms with van der Waals surface area (Å²) in [6.07, 6.45) is 2.68. The summed E-state index contributed by atoms with van der Waals surface area (Å²) in [5, 5.41) is 2.78. The Labute approximate surface area is 117 Å². The lowest BCUT2D eigenvalue weighted by atomic mass is 10.3. The predicted octanol–water partition coefficient (Wildman–Crippen LogP) is 3.56. The summed E-state index contributed by atoms with van der Waals surface area (Å²) in [6, 6.07) is 7.55. The van der Waals surface area contributed by atoms with E-state index in [2.05, 4.69) is 39.8 Å². The quantitative estimate of drug-likeness (QED) is 0.853. The molecule has 0 saturated carbocycles. The van der Waals surface area contributed by atoms with Crippen molar-refractivity contribution in [2.75, 3.05) is 5.32 Å². The number of thiophene rings is 1. The van der Waals surface area contributed by atoms with Crippen molar-refractivity contribution in [1.82, 2.24) is 4.98 Å². The van der Waals surface area contributed by atoms with Crippen LogP contribution < -0.4 is 5.32 Å². The SMILES string of the molecule is CCc1ccc(C(=O)Nc2ccc(I)cn2)s1. The van der Waals surface area contributed by atoms with E-state index in [1.165, 1.54) is 16.2 Å². The Hall–Kier alpha value is -0.950. The van der Waals surface area contributed by atoms with E-state index < -0.39 is 0 Å². The summed E-state index contributed by atoms with van der Waals surface area (Å²) in [5.74, 6) is 0.491. The third-order valence-corrected chi connectivity index (χ3v) is 4.07. The molecule has 1 amide bonds. The zero-order valence-corrected chi connectivity index (χ0v) is 12.2. The molecule has 0 bridgehead atoms. The largest absolute Gasteiger partial charge is 0.306 e. The topological polar surface area (TPSA) is 42.0 Å². The molecule has 5 heteroatoms. The zero-order valence-electron chi connectivity index (χ0n) is 9.24. The van der Waals surface area contributed by atoms with Crippen LogP contribution in [0.1, 0.15) is 21.5 Å². The van der Waals surface area contributed by atoms with Crippen molar-refractivity contribution < 1.29 is 4.79 Å². The summed E-state index contributed by atoms with van der Waals surface area (Å²) >= 11 is 3.70. The first-order valence-corrected chi connectivity index (χ1v) is 7.10. The lowest BCUT2D eigenvalue weighted by Gasteiger charge is -2.01. The fourth-order valence-corrected chi connectivity index (χ4v) is 2.48. The van der Waals surface area contributed by atoms with Crippen molar-refractivity contribution in [3.8, 4) is 0 Å². The molecule has 0 aliphatic rings. The van der Waals surface area contributed by atoms with Crippen LogP contribution in [0.15, 0.2) is 30.5 Å². The van der Waals surface area contributed by atoms with Gasteiger partial charge in [-0.05, 0) is 53.3 Å². The van der Waals surface area contributed by atoms with E-state index in [1.807, 2.05) is 18.2 Å². The van der Waals surface area contributed by atoms with Crippen molar-refractivity contribution in [2.45, 2.75) is 13.3 Å². The van der Waals surface area contributed by atoms with Crippen LogP contribution in [0.5, 0.6) is 0 Å². The van der Waals surface area contributed by atoms with E-state index in [0.29, 0.717) is 5.82 Å². The number of carbonyl (C=O) groups is 1. The molecule has 3 nitrogen and oxygen atoms in total. The Bertz CT molecular complexity index is 522. The lowest BCUT2D eigenvalue weighted by molar-refractivity contribution is 0.103. The molecule has 0 saturated heterocycles. The lowest BCUT2D eigenvalue weighted by Crippen LogP contribution is -2.11. The molecule has 0 radical (unpaired) electrons. The van der Waals surface area contributed by atoms with E-state index >= 15 is 0 Å². The van der Waals surface area contributed by atoms with Gasteiger partial charge in [-0.2, -0.15) is 0 Å². The standard InChI is InChI=1S/C12H11IN2OS/c1-2-9-4-5-10(17-9)12(16)15-11-6-3-8(13)7-14-11/h3-7H,2H2,1H3,(H,14,15,16). The number of anilines is 1. The molecule has 0 atom stereocenters. The molecule has 0 fully saturated rings. The van der Waals surface area contributed by atoms with Crippen molar-refractivity contribution >= 4 is 45.7 Å². The Balaban J connectivity index is 2.08. The molecule has 2 heterocycles. The van der Waals surface area contributed by atoms with Crippen LogP contribution in [-0.4, -0.2) is 10.9 Å². The second kappa shape index (κ2) is 5.59. The van der Waals surface area contributed by atoms with Crippen LogP contribution >= 0.6 is 33.9 Å². The minimum absolute atomic E-state index is 0.0941. The molecule has 0 unspecified atom stereocenters. The first-order chi connectivity index (χ1) is 8.19. The maximum Gasteiger partial charge on any atom is 0.266 e. The summed E-state index contributed by atoms with van der Waals surface area (Å²) < 4.78 is 1.05. The number of nitrogens with zero attached hydrogens (tertiary/aromatic N) is 1. The number of nitrogens with one attached hydrogen (secondary N) is 1. The number of aryl methyl sites for hydroxylation is 1. The third kappa shape index (κ3) is 3.26. The van der Waals surface area contributed by atoms with Crippen molar-refractivity contribution in [3.63, 3.8) is 0 Å². The van der Waals surface area contributed by atoms with Crippen LogP contribution in [-0.2, 0) is 6.42 Å². The second-order valence-corrected chi connectivity index (χ2v) is 5.85. The highest BCUT2D eigenvalue weighted by Crippen LogP contribution is 2.18. The number of rotatable bonds is 3. The minimum atomic E-state index is -0.0941. The summed E-state index contributed by atoms with van der Waals surface area (Å²) in [6.45, 7) is 2.08. The van der Waals surface area contributed by atoms with Gasteiger partial charge in [0.25, 0.3) is 5.91 Å². The molecule has 2 aromatic heterocycles. The molecule has 2 aromatic rings. The molecular formula is C12H11IN2OS. The Morgan fingerprint density at radius 3 is 2.82 bits per heavy atom. The first kappa shape index (κ1) is 12.5. The van der Waals surface area contributed by atoms with E-state index in [1.54, 1.807) is 12.3 Å². The highest BCUT2D eigenvalue weighted by molar-refractivity contribution is 14.1. The Morgan fingerprint density at radius 2 is 2.24 bits per heavy atom. The number of pyridine rings is 1. The van der Waals surface area contributed by atoms with Gasteiger partial charge in [-0.3, -0.25) is 4.79 Å². The van der Waals surface area contributed by atoms with Crippen LogP contribution in [0.2, 0.25) is 0 Å². The normalized spacial score (nSPS) is 10.2.